The fourth-order valence-corrected chi connectivity index (χ4v) is 4.03. The Morgan fingerprint density at radius 3 is 2.59 bits per heavy atom. The van der Waals surface area contributed by atoms with Gasteiger partial charge in [0.2, 0.25) is 0 Å². The van der Waals surface area contributed by atoms with Crippen LogP contribution in [0.15, 0.2) is 42.5 Å². The second-order valence-corrected chi connectivity index (χ2v) is 6.53. The van der Waals surface area contributed by atoms with E-state index in [1.807, 2.05) is 0 Å². The molecule has 5 rings (SSSR count). The first-order chi connectivity index (χ1) is 10.7. The second-order valence-electron chi connectivity index (χ2n) is 6.53. The summed E-state index contributed by atoms with van der Waals surface area (Å²) in [5.41, 5.74) is 7.90. The number of rotatable bonds is 0. The number of benzene rings is 3. The Labute approximate surface area is 129 Å². The van der Waals surface area contributed by atoms with Crippen LogP contribution >= 0.6 is 0 Å². The zero-order chi connectivity index (χ0) is 14.8. The van der Waals surface area contributed by atoms with Gasteiger partial charge in [-0.3, -0.25) is 0 Å². The number of hydrogen-bond acceptors (Lipinski definition) is 1. The van der Waals surface area contributed by atoms with E-state index in [9.17, 15) is 0 Å². The van der Waals surface area contributed by atoms with Crippen LogP contribution in [0.1, 0.15) is 22.3 Å². The molecule has 1 heteroatoms. The molecule has 0 unspecified atom stereocenters. The third-order valence-electron chi connectivity index (χ3n) is 5.16. The number of aromatic nitrogens is 1. The van der Waals surface area contributed by atoms with Gasteiger partial charge in [0, 0.05) is 16.2 Å². The minimum Gasteiger partial charge on any atom is -0.247 e. The zero-order valence-corrected chi connectivity index (χ0v) is 12.9. The lowest BCUT2D eigenvalue weighted by atomic mass is 9.96. The van der Waals surface area contributed by atoms with Gasteiger partial charge in [0.15, 0.2) is 0 Å². The number of hydrogen-bond donors (Lipinski definition) is 0. The summed E-state index contributed by atoms with van der Waals surface area (Å²) in [6.45, 7) is 4.39. The lowest BCUT2D eigenvalue weighted by Crippen LogP contribution is -1.91. The lowest BCUT2D eigenvalue weighted by molar-refractivity contribution is 1.03. The molecule has 106 valence electrons. The Balaban J connectivity index is 2.07. The standard InChI is InChI=1S/C21H17N/c1-12-6-9-19-17(10-12)13(2)18-11-15-8-7-14-4-3-5-16(20(14)15)21(18)22-19/h3-6,9-11H,7-8H2,1-2H3. The van der Waals surface area contributed by atoms with E-state index in [0.29, 0.717) is 0 Å². The molecule has 22 heavy (non-hydrogen) atoms. The molecule has 0 spiro atoms. The van der Waals surface area contributed by atoms with Gasteiger partial charge in [-0.25, -0.2) is 4.98 Å². The predicted octanol–water partition coefficient (Wildman–Crippen LogP) is 5.26. The lowest BCUT2D eigenvalue weighted by Gasteiger charge is -2.12. The smallest absolute Gasteiger partial charge is 0.0791 e. The average molecular weight is 283 g/mol. The predicted molar refractivity (Wildman–Crippen MR) is 93.6 cm³/mol. The van der Waals surface area contributed by atoms with Gasteiger partial charge < -0.3 is 0 Å². The van der Waals surface area contributed by atoms with Crippen molar-refractivity contribution in [1.82, 2.24) is 4.98 Å². The van der Waals surface area contributed by atoms with E-state index in [0.717, 1.165) is 17.5 Å². The number of nitrogens with zero attached hydrogens (tertiary/aromatic N) is 1. The molecule has 0 bridgehead atoms. The van der Waals surface area contributed by atoms with Crippen molar-refractivity contribution < 1.29 is 0 Å². The molecule has 1 aromatic heterocycles. The summed E-state index contributed by atoms with van der Waals surface area (Å²) >= 11 is 0. The molecule has 0 aliphatic heterocycles. The molecule has 0 fully saturated rings. The molecule has 1 aliphatic rings. The third kappa shape index (κ3) is 1.46. The van der Waals surface area contributed by atoms with Crippen LogP contribution in [0.5, 0.6) is 0 Å². The van der Waals surface area contributed by atoms with Gasteiger partial charge in [0.05, 0.1) is 11.0 Å². The maximum Gasteiger partial charge on any atom is 0.0791 e. The van der Waals surface area contributed by atoms with E-state index in [4.69, 9.17) is 4.98 Å². The van der Waals surface area contributed by atoms with Gasteiger partial charge in [0.1, 0.15) is 0 Å². The Morgan fingerprint density at radius 1 is 0.818 bits per heavy atom. The van der Waals surface area contributed by atoms with E-state index in [1.165, 1.54) is 50.2 Å². The monoisotopic (exact) mass is 283 g/mol. The van der Waals surface area contributed by atoms with Gasteiger partial charge >= 0.3 is 0 Å². The van der Waals surface area contributed by atoms with Crippen LogP contribution in [0, 0.1) is 13.8 Å². The van der Waals surface area contributed by atoms with Crippen molar-refractivity contribution in [2.45, 2.75) is 26.7 Å². The molecular formula is C21H17N. The van der Waals surface area contributed by atoms with Gasteiger partial charge in [-0.1, -0.05) is 29.8 Å². The minimum atomic E-state index is 1.11. The van der Waals surface area contributed by atoms with Crippen LogP contribution in [0.25, 0.3) is 32.6 Å². The van der Waals surface area contributed by atoms with Crippen LogP contribution in [0.2, 0.25) is 0 Å². The molecule has 0 amide bonds. The Bertz CT molecular complexity index is 1090. The van der Waals surface area contributed by atoms with E-state index in [2.05, 4.69) is 56.3 Å². The minimum absolute atomic E-state index is 1.11. The van der Waals surface area contributed by atoms with Crippen LogP contribution < -0.4 is 0 Å². The fourth-order valence-electron chi connectivity index (χ4n) is 4.03. The van der Waals surface area contributed by atoms with Gasteiger partial charge in [0.25, 0.3) is 0 Å². The summed E-state index contributed by atoms with van der Waals surface area (Å²) in [4.78, 5) is 5.02. The highest BCUT2D eigenvalue weighted by atomic mass is 14.7. The van der Waals surface area contributed by atoms with Crippen LogP contribution in [0.3, 0.4) is 0 Å². The first-order valence-electron chi connectivity index (χ1n) is 7.96. The summed E-state index contributed by atoms with van der Waals surface area (Å²) < 4.78 is 0. The van der Waals surface area contributed by atoms with Crippen LogP contribution in [-0.4, -0.2) is 4.98 Å². The molecule has 0 atom stereocenters. The molecular weight excluding hydrogens is 266 g/mol. The third-order valence-corrected chi connectivity index (χ3v) is 5.16. The second kappa shape index (κ2) is 4.07. The molecule has 0 radical (unpaired) electrons. The van der Waals surface area contributed by atoms with Gasteiger partial charge in [-0.15, -0.1) is 0 Å². The molecule has 1 heterocycles. The molecule has 1 aliphatic carbocycles. The molecule has 0 N–H and O–H groups in total. The van der Waals surface area contributed by atoms with Crippen molar-refractivity contribution in [3.8, 4) is 0 Å². The summed E-state index contributed by atoms with van der Waals surface area (Å²) in [6.07, 6.45) is 2.33. The first kappa shape index (κ1) is 12.2. The van der Waals surface area contributed by atoms with Crippen molar-refractivity contribution in [3.63, 3.8) is 0 Å². The summed E-state index contributed by atoms with van der Waals surface area (Å²) in [5.74, 6) is 0. The van der Waals surface area contributed by atoms with Crippen molar-refractivity contribution >= 4 is 32.6 Å². The number of aryl methyl sites for hydroxylation is 4. The van der Waals surface area contributed by atoms with E-state index >= 15 is 0 Å². The Hall–Kier alpha value is -2.41. The van der Waals surface area contributed by atoms with Crippen molar-refractivity contribution in [3.05, 3.63) is 64.7 Å². The molecule has 3 aromatic carbocycles. The Morgan fingerprint density at radius 2 is 1.68 bits per heavy atom. The highest BCUT2D eigenvalue weighted by molar-refractivity contribution is 6.13. The number of fused-ring (bicyclic) bond motifs is 3. The molecule has 0 saturated carbocycles. The van der Waals surface area contributed by atoms with Gasteiger partial charge in [-0.2, -0.15) is 0 Å². The van der Waals surface area contributed by atoms with E-state index in [1.54, 1.807) is 0 Å². The molecule has 4 aromatic rings. The van der Waals surface area contributed by atoms with Crippen molar-refractivity contribution in [1.29, 1.82) is 0 Å². The number of pyridine rings is 1. The Kier molecular flexibility index (Phi) is 2.25. The summed E-state index contributed by atoms with van der Waals surface area (Å²) in [7, 11) is 0. The van der Waals surface area contributed by atoms with Crippen molar-refractivity contribution in [2.75, 3.05) is 0 Å². The zero-order valence-electron chi connectivity index (χ0n) is 12.9. The first-order valence-corrected chi connectivity index (χ1v) is 7.96. The summed E-state index contributed by atoms with van der Waals surface area (Å²) in [6, 6.07) is 15.6. The quantitative estimate of drug-likeness (QED) is 0.317. The van der Waals surface area contributed by atoms with Crippen LogP contribution in [0.4, 0.5) is 0 Å². The maximum absolute atomic E-state index is 5.02. The highest BCUT2D eigenvalue weighted by Crippen LogP contribution is 2.38. The summed E-state index contributed by atoms with van der Waals surface area (Å²) in [5, 5.41) is 5.38. The SMILES string of the molecule is Cc1ccc2nc3c(cc4c5c(cccc53)CC4)c(C)c2c1. The van der Waals surface area contributed by atoms with E-state index in [-0.39, 0.29) is 0 Å². The normalized spacial score (nSPS) is 13.5. The largest absolute Gasteiger partial charge is 0.247 e. The molecule has 1 nitrogen and oxygen atoms in total. The van der Waals surface area contributed by atoms with Crippen LogP contribution in [-0.2, 0) is 12.8 Å². The maximum atomic E-state index is 5.02. The van der Waals surface area contributed by atoms with Gasteiger partial charge in [-0.05, 0) is 67.0 Å². The average Bonchev–Trinajstić information content (AvgIpc) is 2.94. The van der Waals surface area contributed by atoms with E-state index < -0.39 is 0 Å². The topological polar surface area (TPSA) is 12.9 Å². The fraction of sp³-hybridized carbons (Fsp3) is 0.190. The molecule has 0 saturated heterocycles. The van der Waals surface area contributed by atoms with Crippen molar-refractivity contribution in [2.24, 2.45) is 0 Å². The highest BCUT2D eigenvalue weighted by Gasteiger charge is 2.18.